The third-order valence-corrected chi connectivity index (χ3v) is 7.25. The molecule has 1 saturated carbocycles. The summed E-state index contributed by atoms with van der Waals surface area (Å²) in [5.41, 5.74) is 0.321. The minimum Gasteiger partial charge on any atom is -0.277 e. The van der Waals surface area contributed by atoms with Gasteiger partial charge in [0.25, 0.3) is 11.8 Å². The zero-order chi connectivity index (χ0) is 20.2. The van der Waals surface area contributed by atoms with Crippen LogP contribution in [0, 0.1) is 5.82 Å². The molecule has 1 fully saturated rings. The third kappa shape index (κ3) is 3.01. The molecule has 2 aromatic carbocycles. The molecule has 146 valence electrons. The summed E-state index contributed by atoms with van der Waals surface area (Å²) in [7, 11) is -2.68. The number of sulfonamides is 1. The van der Waals surface area contributed by atoms with Crippen LogP contribution in [-0.2, 0) is 16.6 Å². The molecule has 9 heteroatoms. The van der Waals surface area contributed by atoms with Gasteiger partial charge in [0.2, 0.25) is 10.0 Å². The first kappa shape index (κ1) is 19.0. The molecule has 0 atom stereocenters. The Balaban J connectivity index is 1.74. The lowest BCUT2D eigenvalue weighted by Gasteiger charge is -2.23. The summed E-state index contributed by atoms with van der Waals surface area (Å²) in [6.45, 7) is -0.206. The second-order valence-electron chi connectivity index (χ2n) is 6.86. The van der Waals surface area contributed by atoms with Crippen LogP contribution in [0.15, 0.2) is 41.3 Å². The monoisotopic (exact) mass is 422 g/mol. The smallest absolute Gasteiger partial charge is 0.261 e. The molecule has 0 radical (unpaired) electrons. The standard InChI is InChI=1S/C19H16ClFN2O4S/c1-22-18(24)13-8-7-12(9-14(13)19(22)25)28(26,27)23(11-5-6-11)10-15-16(20)3-2-4-17(15)21/h2-4,7-9,11H,5-6,10H2,1H3. The van der Waals surface area contributed by atoms with E-state index in [0.29, 0.717) is 12.8 Å². The molecule has 2 aliphatic rings. The molecule has 1 heterocycles. The summed E-state index contributed by atoms with van der Waals surface area (Å²) in [4.78, 5) is 25.1. The molecule has 0 N–H and O–H groups in total. The van der Waals surface area contributed by atoms with Crippen LogP contribution in [0.3, 0.4) is 0 Å². The maximum atomic E-state index is 14.2. The topological polar surface area (TPSA) is 74.8 Å². The fourth-order valence-electron chi connectivity index (χ4n) is 3.25. The van der Waals surface area contributed by atoms with Crippen LogP contribution in [-0.4, -0.2) is 42.5 Å². The normalized spacial score (nSPS) is 16.8. The Morgan fingerprint density at radius 3 is 2.46 bits per heavy atom. The first-order chi connectivity index (χ1) is 13.2. The highest BCUT2D eigenvalue weighted by molar-refractivity contribution is 7.89. The number of hydrogen-bond acceptors (Lipinski definition) is 4. The van der Waals surface area contributed by atoms with Crippen molar-refractivity contribution in [3.05, 3.63) is 63.9 Å². The highest BCUT2D eigenvalue weighted by atomic mass is 35.5. The maximum Gasteiger partial charge on any atom is 0.261 e. The number of nitrogens with zero attached hydrogens (tertiary/aromatic N) is 2. The van der Waals surface area contributed by atoms with Crippen molar-refractivity contribution in [2.75, 3.05) is 7.05 Å². The molecule has 2 aromatic rings. The van der Waals surface area contributed by atoms with Gasteiger partial charge in [-0.25, -0.2) is 12.8 Å². The van der Waals surface area contributed by atoms with Gasteiger partial charge in [-0.15, -0.1) is 0 Å². The number of fused-ring (bicyclic) bond motifs is 1. The molecule has 1 aliphatic carbocycles. The number of halogens is 2. The molecular formula is C19H16ClFN2O4S. The molecule has 2 amide bonds. The van der Waals surface area contributed by atoms with Gasteiger partial charge in [-0.05, 0) is 43.2 Å². The lowest BCUT2D eigenvalue weighted by molar-refractivity contribution is 0.0693. The molecular weight excluding hydrogens is 407 g/mol. The van der Waals surface area contributed by atoms with E-state index in [9.17, 15) is 22.4 Å². The second kappa shape index (κ2) is 6.65. The Morgan fingerprint density at radius 2 is 1.82 bits per heavy atom. The van der Waals surface area contributed by atoms with E-state index < -0.39 is 27.7 Å². The van der Waals surface area contributed by atoms with Crippen LogP contribution in [0.2, 0.25) is 5.02 Å². The average molecular weight is 423 g/mol. The number of carbonyl (C=O) groups excluding carboxylic acids is 2. The largest absolute Gasteiger partial charge is 0.277 e. The summed E-state index contributed by atoms with van der Waals surface area (Å²) in [5, 5.41) is 0.150. The quantitative estimate of drug-likeness (QED) is 0.694. The Labute approximate surface area is 166 Å². The van der Waals surface area contributed by atoms with E-state index in [1.165, 1.54) is 47.8 Å². The molecule has 4 rings (SSSR count). The molecule has 0 bridgehead atoms. The van der Waals surface area contributed by atoms with Crippen LogP contribution in [0.1, 0.15) is 39.1 Å². The van der Waals surface area contributed by atoms with Crippen molar-refractivity contribution < 1.29 is 22.4 Å². The lowest BCUT2D eigenvalue weighted by atomic mass is 10.1. The number of rotatable bonds is 5. The Bertz CT molecular complexity index is 1090. The zero-order valence-corrected chi connectivity index (χ0v) is 16.4. The number of amides is 2. The summed E-state index contributed by atoms with van der Waals surface area (Å²) in [5.74, 6) is -1.60. The van der Waals surface area contributed by atoms with Crippen LogP contribution in [0.25, 0.3) is 0 Å². The van der Waals surface area contributed by atoms with Crippen LogP contribution >= 0.6 is 11.6 Å². The van der Waals surface area contributed by atoms with Crippen molar-refractivity contribution in [2.45, 2.75) is 30.3 Å². The highest BCUT2D eigenvalue weighted by Gasteiger charge is 2.40. The van der Waals surface area contributed by atoms with Gasteiger partial charge < -0.3 is 0 Å². The average Bonchev–Trinajstić information content (AvgIpc) is 3.47. The Morgan fingerprint density at radius 1 is 1.14 bits per heavy atom. The van der Waals surface area contributed by atoms with Crippen molar-refractivity contribution in [2.24, 2.45) is 0 Å². The zero-order valence-electron chi connectivity index (χ0n) is 14.9. The first-order valence-corrected chi connectivity index (χ1v) is 10.4. The molecule has 1 aliphatic heterocycles. The van der Waals surface area contributed by atoms with Gasteiger partial charge in [0.05, 0.1) is 16.0 Å². The van der Waals surface area contributed by atoms with E-state index in [2.05, 4.69) is 0 Å². The summed E-state index contributed by atoms with van der Waals surface area (Å²) in [6.07, 6.45) is 1.33. The van der Waals surface area contributed by atoms with E-state index in [0.717, 1.165) is 4.90 Å². The highest BCUT2D eigenvalue weighted by Crippen LogP contribution is 2.36. The molecule has 0 unspecified atom stereocenters. The van der Waals surface area contributed by atoms with E-state index in [4.69, 9.17) is 11.6 Å². The minimum atomic E-state index is -4.02. The van der Waals surface area contributed by atoms with Gasteiger partial charge in [0.15, 0.2) is 0 Å². The first-order valence-electron chi connectivity index (χ1n) is 8.63. The van der Waals surface area contributed by atoms with Gasteiger partial charge in [-0.3, -0.25) is 14.5 Å². The van der Waals surface area contributed by atoms with Gasteiger partial charge in [0.1, 0.15) is 5.82 Å². The summed E-state index contributed by atoms with van der Waals surface area (Å²) < 4.78 is 41.9. The SMILES string of the molecule is CN1C(=O)c2ccc(S(=O)(=O)N(Cc3c(F)cccc3Cl)C3CC3)cc2C1=O. The maximum absolute atomic E-state index is 14.2. The van der Waals surface area contributed by atoms with Gasteiger partial charge in [-0.1, -0.05) is 17.7 Å². The second-order valence-corrected chi connectivity index (χ2v) is 9.16. The molecule has 28 heavy (non-hydrogen) atoms. The van der Waals surface area contributed by atoms with Crippen LogP contribution in [0.5, 0.6) is 0 Å². The Kier molecular flexibility index (Phi) is 4.52. The molecule has 0 aromatic heterocycles. The summed E-state index contributed by atoms with van der Waals surface area (Å²) in [6, 6.07) is 7.80. The predicted octanol–water partition coefficient (Wildman–Crippen LogP) is 3.06. The minimum absolute atomic E-state index is 0.0493. The van der Waals surface area contributed by atoms with Gasteiger partial charge >= 0.3 is 0 Å². The van der Waals surface area contributed by atoms with Gasteiger partial charge in [0, 0.05) is 30.2 Å². The van der Waals surface area contributed by atoms with Crippen molar-refractivity contribution in [3.8, 4) is 0 Å². The Hall–Kier alpha value is -2.29. The lowest BCUT2D eigenvalue weighted by Crippen LogP contribution is -2.33. The molecule has 0 saturated heterocycles. The number of imide groups is 1. The van der Waals surface area contributed by atoms with Crippen LogP contribution in [0.4, 0.5) is 4.39 Å². The van der Waals surface area contributed by atoms with E-state index in [1.807, 2.05) is 0 Å². The predicted molar refractivity (Wildman–Crippen MR) is 100 cm³/mol. The fraction of sp³-hybridized carbons (Fsp3) is 0.263. The van der Waals surface area contributed by atoms with Crippen molar-refractivity contribution >= 4 is 33.4 Å². The number of benzene rings is 2. The number of carbonyl (C=O) groups is 2. The van der Waals surface area contributed by atoms with Crippen molar-refractivity contribution in [1.82, 2.24) is 9.21 Å². The van der Waals surface area contributed by atoms with Crippen molar-refractivity contribution in [1.29, 1.82) is 0 Å². The fourth-order valence-corrected chi connectivity index (χ4v) is 5.15. The van der Waals surface area contributed by atoms with E-state index in [-0.39, 0.29) is 39.2 Å². The molecule has 6 nitrogen and oxygen atoms in total. The number of hydrogen-bond donors (Lipinski definition) is 0. The molecule has 0 spiro atoms. The third-order valence-electron chi connectivity index (χ3n) is 5.00. The summed E-state index contributed by atoms with van der Waals surface area (Å²) >= 11 is 6.07. The van der Waals surface area contributed by atoms with Crippen molar-refractivity contribution in [3.63, 3.8) is 0 Å². The van der Waals surface area contributed by atoms with E-state index in [1.54, 1.807) is 0 Å². The van der Waals surface area contributed by atoms with Crippen LogP contribution < -0.4 is 0 Å². The van der Waals surface area contributed by atoms with Gasteiger partial charge in [-0.2, -0.15) is 4.31 Å². The van der Waals surface area contributed by atoms with E-state index >= 15 is 0 Å².